The first-order chi connectivity index (χ1) is 9.29. The standard InChI is InChI=1S/C17H31NO/c1-4-6-8-10-12-16(13-11-9-7-5-2)17-15(3)18-14-19-17/h14,16H,4-13H2,1-3H3. The smallest absolute Gasteiger partial charge is 0.181 e. The molecule has 1 aromatic heterocycles. The summed E-state index contributed by atoms with van der Waals surface area (Å²) in [6, 6.07) is 0. The minimum absolute atomic E-state index is 0.594. The molecule has 0 aliphatic carbocycles. The van der Waals surface area contributed by atoms with Crippen molar-refractivity contribution < 1.29 is 4.42 Å². The molecule has 0 bridgehead atoms. The second kappa shape index (κ2) is 10.1. The lowest BCUT2D eigenvalue weighted by Gasteiger charge is -2.15. The van der Waals surface area contributed by atoms with Crippen molar-refractivity contribution in [2.24, 2.45) is 0 Å². The second-order valence-corrected chi connectivity index (χ2v) is 5.70. The fourth-order valence-electron chi connectivity index (χ4n) is 2.74. The molecule has 2 heteroatoms. The topological polar surface area (TPSA) is 26.0 Å². The van der Waals surface area contributed by atoms with Crippen LogP contribution in [0.5, 0.6) is 0 Å². The van der Waals surface area contributed by atoms with Gasteiger partial charge in [-0.25, -0.2) is 4.98 Å². The Morgan fingerprint density at radius 2 is 1.53 bits per heavy atom. The van der Waals surface area contributed by atoms with E-state index in [9.17, 15) is 0 Å². The summed E-state index contributed by atoms with van der Waals surface area (Å²) in [6.07, 6.45) is 14.8. The van der Waals surface area contributed by atoms with Gasteiger partial charge in [-0.05, 0) is 19.8 Å². The predicted octanol–water partition coefficient (Wildman–Crippen LogP) is 6.01. The molecule has 0 aromatic carbocycles. The van der Waals surface area contributed by atoms with Gasteiger partial charge >= 0.3 is 0 Å². The predicted molar refractivity (Wildman–Crippen MR) is 81.5 cm³/mol. The first-order valence-electron chi connectivity index (χ1n) is 8.19. The normalized spacial score (nSPS) is 11.4. The molecule has 19 heavy (non-hydrogen) atoms. The zero-order valence-electron chi connectivity index (χ0n) is 13.1. The first kappa shape index (κ1) is 16.3. The Morgan fingerprint density at radius 3 is 1.95 bits per heavy atom. The Morgan fingerprint density at radius 1 is 0.947 bits per heavy atom. The lowest BCUT2D eigenvalue weighted by molar-refractivity contribution is 0.403. The number of hydrogen-bond acceptors (Lipinski definition) is 2. The number of aromatic nitrogens is 1. The monoisotopic (exact) mass is 265 g/mol. The summed E-state index contributed by atoms with van der Waals surface area (Å²) in [5, 5.41) is 0. The van der Waals surface area contributed by atoms with Crippen LogP contribution in [0.3, 0.4) is 0 Å². The third kappa shape index (κ3) is 6.26. The zero-order valence-corrected chi connectivity index (χ0v) is 13.1. The van der Waals surface area contributed by atoms with Gasteiger partial charge in [0, 0.05) is 5.92 Å². The lowest BCUT2D eigenvalue weighted by Crippen LogP contribution is -2.00. The van der Waals surface area contributed by atoms with Crippen LogP contribution in [0, 0.1) is 6.92 Å². The lowest BCUT2D eigenvalue weighted by atomic mass is 9.91. The van der Waals surface area contributed by atoms with E-state index in [2.05, 4.69) is 25.8 Å². The van der Waals surface area contributed by atoms with Crippen molar-refractivity contribution in [1.82, 2.24) is 4.98 Å². The molecule has 0 unspecified atom stereocenters. The maximum Gasteiger partial charge on any atom is 0.181 e. The van der Waals surface area contributed by atoms with Gasteiger partial charge in [0.1, 0.15) is 5.76 Å². The third-order valence-electron chi connectivity index (χ3n) is 3.97. The molecule has 1 rings (SSSR count). The maximum atomic E-state index is 5.63. The van der Waals surface area contributed by atoms with Crippen LogP contribution in [-0.2, 0) is 0 Å². The highest BCUT2D eigenvalue weighted by molar-refractivity contribution is 5.10. The molecule has 0 saturated carbocycles. The average molecular weight is 265 g/mol. The van der Waals surface area contributed by atoms with Crippen LogP contribution >= 0.6 is 0 Å². The molecule has 1 heterocycles. The molecular formula is C17H31NO. The maximum absolute atomic E-state index is 5.63. The van der Waals surface area contributed by atoms with E-state index in [1.807, 2.05) is 0 Å². The largest absolute Gasteiger partial charge is 0.448 e. The fourth-order valence-corrected chi connectivity index (χ4v) is 2.74. The summed E-state index contributed by atoms with van der Waals surface area (Å²) < 4.78 is 5.63. The first-order valence-corrected chi connectivity index (χ1v) is 8.19. The molecule has 0 aliphatic rings. The molecule has 110 valence electrons. The quantitative estimate of drug-likeness (QED) is 0.458. The molecule has 0 aliphatic heterocycles. The van der Waals surface area contributed by atoms with Crippen LogP contribution in [-0.4, -0.2) is 4.98 Å². The molecule has 0 spiro atoms. The highest BCUT2D eigenvalue weighted by Gasteiger charge is 2.17. The van der Waals surface area contributed by atoms with Gasteiger partial charge in [-0.3, -0.25) is 0 Å². The van der Waals surface area contributed by atoms with E-state index in [1.54, 1.807) is 6.39 Å². The van der Waals surface area contributed by atoms with Crippen LogP contribution in [0.1, 0.15) is 95.4 Å². The molecule has 2 nitrogen and oxygen atoms in total. The Hall–Kier alpha value is -0.790. The second-order valence-electron chi connectivity index (χ2n) is 5.70. The summed E-state index contributed by atoms with van der Waals surface area (Å²) in [7, 11) is 0. The number of nitrogens with zero attached hydrogens (tertiary/aromatic N) is 1. The molecule has 0 amide bonds. The van der Waals surface area contributed by atoms with Crippen molar-refractivity contribution in [2.45, 2.75) is 90.9 Å². The summed E-state index contributed by atoms with van der Waals surface area (Å²) in [5.74, 6) is 1.74. The minimum Gasteiger partial charge on any atom is -0.448 e. The number of oxazole rings is 1. The molecule has 1 aromatic rings. The van der Waals surface area contributed by atoms with E-state index < -0.39 is 0 Å². The Balaban J connectivity index is 2.41. The van der Waals surface area contributed by atoms with Gasteiger partial charge in [0.25, 0.3) is 0 Å². The SMILES string of the molecule is CCCCCCC(CCCCCC)c1ocnc1C. The third-order valence-corrected chi connectivity index (χ3v) is 3.97. The van der Waals surface area contributed by atoms with Gasteiger partial charge in [0.15, 0.2) is 6.39 Å². The number of unbranched alkanes of at least 4 members (excludes halogenated alkanes) is 6. The van der Waals surface area contributed by atoms with Gasteiger partial charge in [0.2, 0.25) is 0 Å². The van der Waals surface area contributed by atoms with Crippen molar-refractivity contribution in [3.05, 3.63) is 17.8 Å². The van der Waals surface area contributed by atoms with E-state index in [4.69, 9.17) is 4.42 Å². The molecule has 0 radical (unpaired) electrons. The van der Waals surface area contributed by atoms with Crippen LogP contribution in [0.15, 0.2) is 10.8 Å². The highest BCUT2D eigenvalue weighted by atomic mass is 16.3. The molecule has 0 saturated heterocycles. The van der Waals surface area contributed by atoms with Gasteiger partial charge < -0.3 is 4.42 Å². The van der Waals surface area contributed by atoms with Gasteiger partial charge in [0.05, 0.1) is 5.69 Å². The number of aryl methyl sites for hydroxylation is 1. The Kier molecular flexibility index (Phi) is 8.61. The van der Waals surface area contributed by atoms with E-state index in [0.717, 1.165) is 11.5 Å². The van der Waals surface area contributed by atoms with Crippen LogP contribution < -0.4 is 0 Å². The molecular weight excluding hydrogens is 234 g/mol. The summed E-state index contributed by atoms with van der Waals surface area (Å²) >= 11 is 0. The Bertz CT molecular complexity index is 307. The fraction of sp³-hybridized carbons (Fsp3) is 0.824. The van der Waals surface area contributed by atoms with Crippen LogP contribution in [0.2, 0.25) is 0 Å². The minimum atomic E-state index is 0.594. The summed E-state index contributed by atoms with van der Waals surface area (Å²) in [6.45, 7) is 6.61. The molecule has 0 fully saturated rings. The molecule has 0 N–H and O–H groups in total. The van der Waals surface area contributed by atoms with E-state index in [1.165, 1.54) is 64.2 Å². The van der Waals surface area contributed by atoms with Gasteiger partial charge in [-0.2, -0.15) is 0 Å². The average Bonchev–Trinajstić information content (AvgIpc) is 2.83. The zero-order chi connectivity index (χ0) is 13.9. The molecule has 0 atom stereocenters. The van der Waals surface area contributed by atoms with Gasteiger partial charge in [-0.1, -0.05) is 65.2 Å². The Labute approximate surface area is 119 Å². The van der Waals surface area contributed by atoms with Crippen molar-refractivity contribution in [2.75, 3.05) is 0 Å². The van der Waals surface area contributed by atoms with E-state index in [0.29, 0.717) is 5.92 Å². The van der Waals surface area contributed by atoms with Crippen LogP contribution in [0.25, 0.3) is 0 Å². The summed E-state index contributed by atoms with van der Waals surface area (Å²) in [4.78, 5) is 4.26. The van der Waals surface area contributed by atoms with E-state index in [-0.39, 0.29) is 0 Å². The van der Waals surface area contributed by atoms with Crippen molar-refractivity contribution in [3.63, 3.8) is 0 Å². The highest BCUT2D eigenvalue weighted by Crippen LogP contribution is 2.30. The number of rotatable bonds is 11. The summed E-state index contributed by atoms with van der Waals surface area (Å²) in [5.41, 5.74) is 1.09. The van der Waals surface area contributed by atoms with Crippen molar-refractivity contribution >= 4 is 0 Å². The van der Waals surface area contributed by atoms with Crippen molar-refractivity contribution in [1.29, 1.82) is 0 Å². The van der Waals surface area contributed by atoms with E-state index >= 15 is 0 Å². The van der Waals surface area contributed by atoms with Crippen LogP contribution in [0.4, 0.5) is 0 Å². The number of hydrogen-bond donors (Lipinski definition) is 0. The van der Waals surface area contributed by atoms with Crippen molar-refractivity contribution in [3.8, 4) is 0 Å². The van der Waals surface area contributed by atoms with Gasteiger partial charge in [-0.15, -0.1) is 0 Å².